The highest BCUT2D eigenvalue weighted by Crippen LogP contribution is 2.27. The molecule has 1 aliphatic heterocycles. The number of aromatic nitrogens is 2. The summed E-state index contributed by atoms with van der Waals surface area (Å²) in [7, 11) is -1.58. The van der Waals surface area contributed by atoms with Gasteiger partial charge in [-0.3, -0.25) is 9.52 Å². The van der Waals surface area contributed by atoms with E-state index in [9.17, 15) is 9.00 Å². The highest BCUT2D eigenvalue weighted by Gasteiger charge is 2.23. The largest absolute Gasteiger partial charge is 0.457 e. The average molecular weight is 325 g/mol. The molecule has 0 fully saturated rings. The van der Waals surface area contributed by atoms with E-state index >= 15 is 0 Å². The van der Waals surface area contributed by atoms with Crippen molar-refractivity contribution in [1.29, 1.82) is 0 Å². The van der Waals surface area contributed by atoms with Gasteiger partial charge in [0.2, 0.25) is 0 Å². The van der Waals surface area contributed by atoms with E-state index in [1.165, 1.54) is 10.8 Å². The van der Waals surface area contributed by atoms with Gasteiger partial charge >= 0.3 is 0 Å². The highest BCUT2D eigenvalue weighted by molar-refractivity contribution is 7.93. The standard InChI is InChI=1S/C16H11N3O3S/c20-15-9-16(23(21)18-15)19-14-7-6-13(8-11(14)10-17-19)22-12-4-2-1-3-5-12/h1-10H,(H,18,20). The van der Waals surface area contributed by atoms with Crippen LogP contribution in [0.2, 0.25) is 0 Å². The van der Waals surface area contributed by atoms with Crippen LogP contribution in [-0.4, -0.2) is 19.9 Å². The lowest BCUT2D eigenvalue weighted by atomic mass is 10.2. The van der Waals surface area contributed by atoms with Crippen LogP contribution in [-0.2, 0) is 15.8 Å². The Labute approximate surface area is 134 Å². The Morgan fingerprint density at radius 3 is 2.65 bits per heavy atom. The summed E-state index contributed by atoms with van der Waals surface area (Å²) in [4.78, 5) is 11.3. The Morgan fingerprint density at radius 1 is 1.09 bits per heavy atom. The molecule has 0 saturated heterocycles. The number of hydrogen-bond donors (Lipinski definition) is 1. The van der Waals surface area contributed by atoms with Crippen LogP contribution < -0.4 is 9.46 Å². The summed E-state index contributed by atoms with van der Waals surface area (Å²) in [6, 6.07) is 14.9. The molecule has 1 aliphatic rings. The number of amides is 1. The van der Waals surface area contributed by atoms with Crippen molar-refractivity contribution in [2.24, 2.45) is 0 Å². The van der Waals surface area contributed by atoms with Crippen LogP contribution in [0, 0.1) is 0 Å². The van der Waals surface area contributed by atoms with Gasteiger partial charge in [0.25, 0.3) is 5.91 Å². The van der Waals surface area contributed by atoms with Crippen molar-refractivity contribution < 1.29 is 13.7 Å². The van der Waals surface area contributed by atoms with Crippen molar-refractivity contribution >= 4 is 32.8 Å². The summed E-state index contributed by atoms with van der Waals surface area (Å²) in [5.74, 6) is 1.04. The number of carbonyl (C=O) groups is 1. The molecule has 0 aliphatic carbocycles. The molecular formula is C16H11N3O3S. The lowest BCUT2D eigenvalue weighted by Gasteiger charge is -2.06. The van der Waals surface area contributed by atoms with Crippen molar-refractivity contribution in [3.8, 4) is 11.5 Å². The smallest absolute Gasteiger partial charge is 0.258 e. The maximum Gasteiger partial charge on any atom is 0.258 e. The van der Waals surface area contributed by atoms with Crippen molar-refractivity contribution in [3.63, 3.8) is 0 Å². The molecule has 0 radical (unpaired) electrons. The molecule has 114 valence electrons. The second-order valence-electron chi connectivity index (χ2n) is 4.91. The van der Waals surface area contributed by atoms with E-state index in [4.69, 9.17) is 4.74 Å². The lowest BCUT2D eigenvalue weighted by Crippen LogP contribution is -2.17. The Hall–Kier alpha value is -2.93. The summed E-state index contributed by atoms with van der Waals surface area (Å²) in [5, 5.41) is 5.37. The SMILES string of the molecule is O=C1C=C(n2ncc3cc(Oc4ccccc4)ccc32)S(=O)N1. The Kier molecular flexibility index (Phi) is 3.20. The molecule has 3 aromatic rings. The normalized spacial score (nSPS) is 17.1. The lowest BCUT2D eigenvalue weighted by molar-refractivity contribution is -0.114. The van der Waals surface area contributed by atoms with Crippen LogP contribution in [0.1, 0.15) is 0 Å². The van der Waals surface area contributed by atoms with Crippen molar-refractivity contribution in [1.82, 2.24) is 14.5 Å². The predicted octanol–water partition coefficient (Wildman–Crippen LogP) is 2.42. The zero-order valence-corrected chi connectivity index (χ0v) is 12.6. The van der Waals surface area contributed by atoms with Crippen LogP contribution in [0.3, 0.4) is 0 Å². The van der Waals surface area contributed by atoms with Gasteiger partial charge in [-0.1, -0.05) is 18.2 Å². The fourth-order valence-electron chi connectivity index (χ4n) is 2.35. The van der Waals surface area contributed by atoms with Gasteiger partial charge in [-0.15, -0.1) is 0 Å². The van der Waals surface area contributed by atoms with Gasteiger partial charge in [0.1, 0.15) is 11.5 Å². The van der Waals surface area contributed by atoms with E-state index in [1.54, 1.807) is 12.3 Å². The topological polar surface area (TPSA) is 73.2 Å². The highest BCUT2D eigenvalue weighted by atomic mass is 32.2. The fourth-order valence-corrected chi connectivity index (χ4v) is 3.22. The van der Waals surface area contributed by atoms with Crippen molar-refractivity contribution in [3.05, 3.63) is 60.8 Å². The molecule has 1 amide bonds. The Bertz CT molecular complexity index is 963. The Morgan fingerprint density at radius 2 is 1.91 bits per heavy atom. The number of ether oxygens (including phenoxy) is 1. The molecule has 1 unspecified atom stereocenters. The van der Waals surface area contributed by atoms with Gasteiger partial charge in [0.05, 0.1) is 11.7 Å². The first kappa shape index (κ1) is 13.7. The van der Waals surface area contributed by atoms with Crippen LogP contribution in [0.15, 0.2) is 60.8 Å². The zero-order valence-electron chi connectivity index (χ0n) is 11.8. The third-order valence-electron chi connectivity index (χ3n) is 3.36. The molecule has 0 spiro atoms. The summed E-state index contributed by atoms with van der Waals surface area (Å²) in [6.07, 6.45) is 2.94. The van der Waals surface area contributed by atoms with Gasteiger partial charge in [0.15, 0.2) is 16.0 Å². The number of hydrogen-bond acceptors (Lipinski definition) is 4. The minimum Gasteiger partial charge on any atom is -0.457 e. The van der Waals surface area contributed by atoms with Gasteiger partial charge in [-0.05, 0) is 30.3 Å². The third kappa shape index (κ3) is 2.51. The van der Waals surface area contributed by atoms with E-state index in [0.717, 1.165) is 16.7 Å². The molecule has 4 rings (SSSR count). The van der Waals surface area contributed by atoms with Crippen LogP contribution >= 0.6 is 0 Å². The van der Waals surface area contributed by atoms with Crippen molar-refractivity contribution in [2.75, 3.05) is 0 Å². The quantitative estimate of drug-likeness (QED) is 0.802. The Balaban J connectivity index is 1.71. The number of nitrogens with zero attached hydrogens (tertiary/aromatic N) is 2. The second kappa shape index (κ2) is 5.36. The zero-order chi connectivity index (χ0) is 15.8. The molecule has 0 saturated carbocycles. The maximum atomic E-state index is 11.9. The molecular weight excluding hydrogens is 314 g/mol. The first-order valence-corrected chi connectivity index (χ1v) is 8.01. The molecule has 23 heavy (non-hydrogen) atoms. The number of benzene rings is 2. The number of rotatable bonds is 3. The number of carbonyl (C=O) groups excluding carboxylic acids is 1. The fraction of sp³-hybridized carbons (Fsp3) is 0. The number of para-hydroxylation sites is 1. The van der Waals surface area contributed by atoms with Crippen molar-refractivity contribution in [2.45, 2.75) is 0 Å². The molecule has 1 N–H and O–H groups in total. The van der Waals surface area contributed by atoms with E-state index in [1.807, 2.05) is 42.5 Å². The minimum absolute atomic E-state index is 0.321. The van der Waals surface area contributed by atoms with Gasteiger partial charge in [-0.2, -0.15) is 5.10 Å². The summed E-state index contributed by atoms with van der Waals surface area (Å²) in [6.45, 7) is 0. The van der Waals surface area contributed by atoms with Gasteiger partial charge < -0.3 is 4.74 Å². The molecule has 1 aromatic heterocycles. The first-order chi connectivity index (χ1) is 11.2. The van der Waals surface area contributed by atoms with Gasteiger partial charge in [-0.25, -0.2) is 8.89 Å². The van der Waals surface area contributed by atoms with E-state index in [-0.39, 0.29) is 5.91 Å². The van der Waals surface area contributed by atoms with Crippen LogP contribution in [0.25, 0.3) is 15.9 Å². The number of nitrogens with one attached hydrogen (secondary N) is 1. The van der Waals surface area contributed by atoms with Crippen LogP contribution in [0.4, 0.5) is 0 Å². The molecule has 0 bridgehead atoms. The monoisotopic (exact) mass is 325 g/mol. The predicted molar refractivity (Wildman–Crippen MR) is 86.8 cm³/mol. The average Bonchev–Trinajstić information content (AvgIpc) is 3.10. The molecule has 2 heterocycles. The van der Waals surface area contributed by atoms with Gasteiger partial charge in [0, 0.05) is 11.5 Å². The summed E-state index contributed by atoms with van der Waals surface area (Å²) >= 11 is 0. The van der Waals surface area contributed by atoms with E-state index < -0.39 is 11.0 Å². The maximum absolute atomic E-state index is 11.9. The second-order valence-corrected chi connectivity index (χ2v) is 6.07. The molecule has 7 heteroatoms. The molecule has 2 aromatic carbocycles. The third-order valence-corrected chi connectivity index (χ3v) is 4.42. The minimum atomic E-state index is -1.58. The first-order valence-electron chi connectivity index (χ1n) is 6.86. The molecule has 6 nitrogen and oxygen atoms in total. The van der Waals surface area contributed by atoms with E-state index in [0.29, 0.717) is 10.8 Å². The number of fused-ring (bicyclic) bond motifs is 1. The van der Waals surface area contributed by atoms with Crippen LogP contribution in [0.5, 0.6) is 11.5 Å². The summed E-state index contributed by atoms with van der Waals surface area (Å²) in [5.41, 5.74) is 0.751. The molecule has 1 atom stereocenters. The summed E-state index contributed by atoms with van der Waals surface area (Å²) < 4.78 is 21.5. The van der Waals surface area contributed by atoms with E-state index in [2.05, 4.69) is 9.82 Å².